The van der Waals surface area contributed by atoms with E-state index in [0.29, 0.717) is 35.1 Å². The summed E-state index contributed by atoms with van der Waals surface area (Å²) in [4.78, 5) is 16.3. The molecular formula is C25H31F3N4O2. The molecule has 0 saturated heterocycles. The van der Waals surface area contributed by atoms with Crippen molar-refractivity contribution < 1.29 is 22.7 Å². The minimum absolute atomic E-state index is 0.137. The number of anilines is 3. The number of hydrogen-bond acceptors (Lipinski definition) is 5. The van der Waals surface area contributed by atoms with Crippen LogP contribution in [0.1, 0.15) is 68.7 Å². The van der Waals surface area contributed by atoms with Gasteiger partial charge in [-0.1, -0.05) is 13.8 Å². The number of aromatic nitrogens is 1. The summed E-state index contributed by atoms with van der Waals surface area (Å²) in [6.07, 6.45) is 1.62. The first-order chi connectivity index (χ1) is 16.0. The first kappa shape index (κ1) is 24.2. The fourth-order valence-electron chi connectivity index (χ4n) is 5.02. The molecule has 1 heterocycles. The third-order valence-electron chi connectivity index (χ3n) is 6.80. The van der Waals surface area contributed by atoms with Crippen LogP contribution in [0.15, 0.2) is 30.5 Å². The Morgan fingerprint density at radius 1 is 1.26 bits per heavy atom. The molecular weight excluding hydrogens is 445 g/mol. The number of ether oxygens (including phenoxy) is 1. The molecule has 1 amide bonds. The van der Waals surface area contributed by atoms with Crippen LogP contribution in [0.4, 0.5) is 35.2 Å². The van der Waals surface area contributed by atoms with Gasteiger partial charge < -0.3 is 15.8 Å². The van der Waals surface area contributed by atoms with Crippen molar-refractivity contribution in [3.8, 4) is 0 Å². The largest absolute Gasteiger partial charge is 0.449 e. The number of nitrogens with zero attached hydrogens (tertiary/aromatic N) is 1. The van der Waals surface area contributed by atoms with Gasteiger partial charge >= 0.3 is 12.3 Å². The number of nitrogens with one attached hydrogen (secondary N) is 2. The Morgan fingerprint density at radius 3 is 2.71 bits per heavy atom. The normalized spacial score (nSPS) is 21.6. The molecule has 0 radical (unpaired) electrons. The maximum atomic E-state index is 12.8. The number of nitrogen functional groups attached to an aromatic ring is 1. The second kappa shape index (κ2) is 9.35. The fourth-order valence-corrected chi connectivity index (χ4v) is 5.02. The van der Waals surface area contributed by atoms with Crippen molar-refractivity contribution in [1.29, 1.82) is 0 Å². The quantitative estimate of drug-likeness (QED) is 0.426. The molecule has 9 heteroatoms. The van der Waals surface area contributed by atoms with Gasteiger partial charge in [-0.25, -0.2) is 9.78 Å². The molecule has 2 atom stereocenters. The Hall–Kier alpha value is -2.97. The monoisotopic (exact) mass is 476 g/mol. The van der Waals surface area contributed by atoms with Gasteiger partial charge in [0, 0.05) is 6.20 Å². The van der Waals surface area contributed by atoms with Crippen molar-refractivity contribution in [2.75, 3.05) is 23.0 Å². The molecule has 0 bridgehead atoms. The second-order valence-corrected chi connectivity index (χ2v) is 10.2. The topological polar surface area (TPSA) is 89.3 Å². The van der Waals surface area contributed by atoms with E-state index in [0.717, 1.165) is 61.9 Å². The zero-order valence-corrected chi connectivity index (χ0v) is 19.5. The number of benzene rings is 1. The van der Waals surface area contributed by atoms with Crippen LogP contribution in [0.25, 0.3) is 0 Å². The molecule has 0 aliphatic heterocycles. The molecule has 1 saturated carbocycles. The maximum absolute atomic E-state index is 12.8. The molecule has 2 aromatic rings. The van der Waals surface area contributed by atoms with Crippen LogP contribution in [0.2, 0.25) is 0 Å². The Morgan fingerprint density at radius 2 is 2.06 bits per heavy atom. The number of fused-ring (bicyclic) bond motifs is 1. The molecule has 1 fully saturated rings. The predicted octanol–water partition coefficient (Wildman–Crippen LogP) is 6.55. The van der Waals surface area contributed by atoms with Crippen LogP contribution in [-0.4, -0.2) is 17.7 Å². The molecule has 1 aromatic heterocycles. The van der Waals surface area contributed by atoms with Gasteiger partial charge in [0.1, 0.15) is 5.82 Å². The van der Waals surface area contributed by atoms with Crippen molar-refractivity contribution in [3.63, 3.8) is 0 Å². The molecule has 2 aliphatic rings. The van der Waals surface area contributed by atoms with E-state index in [1.807, 2.05) is 12.1 Å². The smallest absolute Gasteiger partial charge is 0.417 e. The summed E-state index contributed by atoms with van der Waals surface area (Å²) >= 11 is 0. The number of rotatable bonds is 5. The van der Waals surface area contributed by atoms with Gasteiger partial charge in [-0.2, -0.15) is 13.2 Å². The highest BCUT2D eigenvalue weighted by Crippen LogP contribution is 2.41. The molecule has 184 valence electrons. The lowest BCUT2D eigenvalue weighted by Crippen LogP contribution is -2.21. The number of alkyl halides is 3. The number of aryl methyl sites for hydroxylation is 1. The van der Waals surface area contributed by atoms with E-state index in [2.05, 4.69) is 29.5 Å². The maximum Gasteiger partial charge on any atom is 0.417 e. The Labute approximate surface area is 197 Å². The number of hydrogen-bond donors (Lipinski definition) is 3. The van der Waals surface area contributed by atoms with Crippen LogP contribution in [0.3, 0.4) is 0 Å². The Kier molecular flexibility index (Phi) is 6.64. The van der Waals surface area contributed by atoms with Gasteiger partial charge in [0.15, 0.2) is 0 Å². The number of halogens is 3. The molecule has 4 rings (SSSR count). The highest BCUT2D eigenvalue weighted by Gasteiger charge is 2.32. The molecule has 2 aliphatic carbocycles. The molecule has 1 aromatic carbocycles. The lowest BCUT2D eigenvalue weighted by molar-refractivity contribution is -0.137. The highest BCUT2D eigenvalue weighted by atomic mass is 19.4. The zero-order valence-electron chi connectivity index (χ0n) is 19.5. The van der Waals surface area contributed by atoms with E-state index in [1.54, 1.807) is 0 Å². The minimum Gasteiger partial charge on any atom is -0.449 e. The summed E-state index contributed by atoms with van der Waals surface area (Å²) in [5, 5.41) is 5.98. The summed E-state index contributed by atoms with van der Waals surface area (Å²) in [6.45, 7) is 4.86. The molecule has 6 nitrogen and oxygen atoms in total. The number of carbonyl (C=O) groups is 1. The first-order valence-electron chi connectivity index (χ1n) is 11.7. The van der Waals surface area contributed by atoms with E-state index in [4.69, 9.17) is 10.5 Å². The van der Waals surface area contributed by atoms with Crippen molar-refractivity contribution in [2.24, 2.45) is 11.3 Å². The molecule has 34 heavy (non-hydrogen) atoms. The first-order valence-corrected chi connectivity index (χ1v) is 11.7. The summed E-state index contributed by atoms with van der Waals surface area (Å²) in [6, 6.07) is 5.88. The van der Waals surface area contributed by atoms with E-state index in [9.17, 15) is 18.0 Å². The predicted molar refractivity (Wildman–Crippen MR) is 125 cm³/mol. The summed E-state index contributed by atoms with van der Waals surface area (Å²) in [7, 11) is 0. The van der Waals surface area contributed by atoms with Crippen molar-refractivity contribution in [2.45, 2.75) is 64.6 Å². The van der Waals surface area contributed by atoms with E-state index in [1.165, 1.54) is 6.07 Å². The summed E-state index contributed by atoms with van der Waals surface area (Å²) < 4.78 is 43.8. The second-order valence-electron chi connectivity index (χ2n) is 10.2. The van der Waals surface area contributed by atoms with Crippen LogP contribution in [0, 0.1) is 11.3 Å². The summed E-state index contributed by atoms with van der Waals surface area (Å²) in [5.41, 5.74) is 8.64. The van der Waals surface area contributed by atoms with Crippen LogP contribution >= 0.6 is 0 Å². The molecule has 0 spiro atoms. The number of amides is 1. The van der Waals surface area contributed by atoms with E-state index < -0.39 is 17.8 Å². The highest BCUT2D eigenvalue weighted by molar-refractivity contribution is 5.89. The molecule has 4 N–H and O–H groups in total. The van der Waals surface area contributed by atoms with Crippen molar-refractivity contribution in [1.82, 2.24) is 4.98 Å². The van der Waals surface area contributed by atoms with Crippen LogP contribution in [0.5, 0.6) is 0 Å². The van der Waals surface area contributed by atoms with Gasteiger partial charge in [-0.15, -0.1) is 0 Å². The fraction of sp³-hybridized carbons (Fsp3) is 0.520. The number of pyridine rings is 1. The lowest BCUT2D eigenvalue weighted by Gasteiger charge is -2.28. The Bertz CT molecular complexity index is 1040. The van der Waals surface area contributed by atoms with Gasteiger partial charge in [0.2, 0.25) is 0 Å². The standard InChI is InChI=1S/C25H31F3N4O2/c1-24(2)9-8-15(12-24)14-34-23(33)32-21-10-16-4-3-5-20(18(16)11-19(21)29)31-22-7-6-17(13-30-22)25(26,27)28/h6-7,10-11,13,15,20H,3-5,8-9,12,14,29H2,1-2H3,(H,30,31)(H,32,33). The average Bonchev–Trinajstić information content (AvgIpc) is 3.12. The van der Waals surface area contributed by atoms with Gasteiger partial charge in [-0.3, -0.25) is 5.32 Å². The summed E-state index contributed by atoms with van der Waals surface area (Å²) in [5.74, 6) is 0.748. The third kappa shape index (κ3) is 5.74. The van der Waals surface area contributed by atoms with Gasteiger partial charge in [0.25, 0.3) is 0 Å². The molecule has 2 unspecified atom stereocenters. The average molecular weight is 477 g/mol. The Balaban J connectivity index is 1.40. The van der Waals surface area contributed by atoms with Crippen LogP contribution in [-0.2, 0) is 17.3 Å². The van der Waals surface area contributed by atoms with Gasteiger partial charge in [-0.05, 0) is 85.3 Å². The van der Waals surface area contributed by atoms with Crippen LogP contribution < -0.4 is 16.4 Å². The van der Waals surface area contributed by atoms with E-state index in [-0.39, 0.29) is 6.04 Å². The van der Waals surface area contributed by atoms with Gasteiger partial charge in [0.05, 0.1) is 29.6 Å². The SMILES string of the molecule is CC1(C)CCC(COC(=O)Nc2cc3c(cc2N)C(Nc2ccc(C(F)(F)F)cn2)CCC3)C1. The van der Waals surface area contributed by atoms with E-state index >= 15 is 0 Å². The minimum atomic E-state index is -4.42. The lowest BCUT2D eigenvalue weighted by atomic mass is 9.86. The van der Waals surface area contributed by atoms with Crippen molar-refractivity contribution >= 4 is 23.3 Å². The number of carbonyl (C=O) groups excluding carboxylic acids is 1. The zero-order chi connectivity index (χ0) is 24.5. The third-order valence-corrected chi connectivity index (χ3v) is 6.80. The van der Waals surface area contributed by atoms with Crippen molar-refractivity contribution in [3.05, 3.63) is 47.2 Å². The number of nitrogens with two attached hydrogens (primary N) is 1.